The number of rotatable bonds is 5. The minimum Gasteiger partial charge on any atom is -0.491 e. The molecule has 1 saturated heterocycles. The summed E-state index contributed by atoms with van der Waals surface area (Å²) < 4.78 is 5.74. The number of hydrogen-bond acceptors (Lipinski definition) is 3. The third kappa shape index (κ3) is 5.13. The molecule has 0 unspecified atom stereocenters. The van der Waals surface area contributed by atoms with E-state index in [2.05, 4.69) is 24.2 Å². The van der Waals surface area contributed by atoms with Gasteiger partial charge in [0.25, 0.3) is 0 Å². The molecule has 2 amide bonds. The van der Waals surface area contributed by atoms with Gasteiger partial charge in [-0.3, -0.25) is 0 Å². The number of nitrogens with zero attached hydrogens (tertiary/aromatic N) is 2. The molecule has 134 valence electrons. The van der Waals surface area contributed by atoms with Crippen LogP contribution in [0.4, 0.5) is 4.79 Å². The zero-order valence-corrected chi connectivity index (χ0v) is 15.6. The number of piperidine rings is 1. The summed E-state index contributed by atoms with van der Waals surface area (Å²) in [6.07, 6.45) is 1.02. The van der Waals surface area contributed by atoms with Crippen LogP contribution in [-0.2, 0) is 0 Å². The van der Waals surface area contributed by atoms with E-state index in [0.717, 1.165) is 25.3 Å². The molecule has 0 spiro atoms. The normalized spacial score (nSPS) is 22.7. The zero-order chi connectivity index (χ0) is 17.7. The van der Waals surface area contributed by atoms with Gasteiger partial charge in [0, 0.05) is 19.6 Å². The summed E-state index contributed by atoms with van der Waals surface area (Å²) in [5, 5.41) is 3.04. The van der Waals surface area contributed by atoms with E-state index in [0.29, 0.717) is 18.6 Å². The van der Waals surface area contributed by atoms with Gasteiger partial charge >= 0.3 is 6.03 Å². The van der Waals surface area contributed by atoms with Crippen LogP contribution in [0, 0.1) is 12.8 Å². The Hall–Kier alpha value is -1.75. The fraction of sp³-hybridized carbons (Fsp3) is 0.632. The number of ether oxygens (including phenoxy) is 1. The first-order valence-corrected chi connectivity index (χ1v) is 8.78. The van der Waals surface area contributed by atoms with Crippen molar-refractivity contribution in [1.29, 1.82) is 0 Å². The number of carbonyl (C=O) groups excluding carboxylic acids is 1. The van der Waals surface area contributed by atoms with Gasteiger partial charge in [0.1, 0.15) is 12.4 Å². The molecule has 1 aromatic rings. The maximum Gasteiger partial charge on any atom is 0.317 e. The molecule has 0 saturated carbocycles. The topological polar surface area (TPSA) is 44.8 Å². The standard InChI is InChI=1S/C19H31N3O2/c1-14-6-8-17(9-7-14)24-13-16(3)20-19(23)22(5)18-10-11-21(4)12-15(18)2/h6-9,15-16,18H,10-13H2,1-5H3,(H,20,23)/t15-,16+,18+/m1/s1. The molecule has 0 aliphatic carbocycles. The molecule has 1 aromatic carbocycles. The number of likely N-dealkylation sites (tertiary alicyclic amines) is 1. The Morgan fingerprint density at radius 1 is 1.42 bits per heavy atom. The number of nitrogens with one attached hydrogen (secondary N) is 1. The van der Waals surface area contributed by atoms with Gasteiger partial charge in [0.15, 0.2) is 0 Å². The molecule has 0 radical (unpaired) electrons. The van der Waals surface area contributed by atoms with E-state index in [4.69, 9.17) is 4.74 Å². The molecule has 5 heteroatoms. The monoisotopic (exact) mass is 333 g/mol. The smallest absolute Gasteiger partial charge is 0.317 e. The fourth-order valence-electron chi connectivity index (χ4n) is 3.28. The Labute approximate surface area is 146 Å². The molecular formula is C19H31N3O2. The summed E-state index contributed by atoms with van der Waals surface area (Å²) in [5.74, 6) is 1.32. The summed E-state index contributed by atoms with van der Waals surface area (Å²) in [6.45, 7) is 8.78. The Bertz CT molecular complexity index is 532. The molecule has 1 aliphatic heterocycles. The highest BCUT2D eigenvalue weighted by molar-refractivity contribution is 5.74. The first kappa shape index (κ1) is 18.6. The second-order valence-corrected chi connectivity index (χ2v) is 7.18. The van der Waals surface area contributed by atoms with Crippen LogP contribution in [0.5, 0.6) is 5.75 Å². The third-order valence-electron chi connectivity index (χ3n) is 4.77. The van der Waals surface area contributed by atoms with E-state index in [-0.39, 0.29) is 12.1 Å². The number of urea groups is 1. The molecule has 5 nitrogen and oxygen atoms in total. The van der Waals surface area contributed by atoms with Crippen molar-refractivity contribution in [1.82, 2.24) is 15.1 Å². The van der Waals surface area contributed by atoms with Crippen LogP contribution in [-0.4, -0.2) is 61.7 Å². The molecular weight excluding hydrogens is 302 g/mol. The van der Waals surface area contributed by atoms with E-state index in [9.17, 15) is 4.79 Å². The molecule has 0 aromatic heterocycles. The van der Waals surface area contributed by atoms with Crippen molar-refractivity contribution in [3.8, 4) is 5.75 Å². The van der Waals surface area contributed by atoms with Crippen molar-refractivity contribution >= 4 is 6.03 Å². The zero-order valence-electron chi connectivity index (χ0n) is 15.6. The summed E-state index contributed by atoms with van der Waals surface area (Å²) in [4.78, 5) is 16.7. The first-order valence-electron chi connectivity index (χ1n) is 8.78. The summed E-state index contributed by atoms with van der Waals surface area (Å²) in [7, 11) is 4.03. The predicted molar refractivity (Wildman–Crippen MR) is 97.5 cm³/mol. The van der Waals surface area contributed by atoms with Gasteiger partial charge in [-0.15, -0.1) is 0 Å². The van der Waals surface area contributed by atoms with Crippen molar-refractivity contribution in [3.63, 3.8) is 0 Å². The van der Waals surface area contributed by atoms with Gasteiger partial charge in [-0.1, -0.05) is 24.6 Å². The molecule has 0 bridgehead atoms. The molecule has 1 fully saturated rings. The summed E-state index contributed by atoms with van der Waals surface area (Å²) in [5.41, 5.74) is 1.21. The van der Waals surface area contributed by atoms with Gasteiger partial charge in [-0.05, 0) is 51.9 Å². The van der Waals surface area contributed by atoms with Crippen molar-refractivity contribution < 1.29 is 9.53 Å². The quantitative estimate of drug-likeness (QED) is 0.901. The summed E-state index contributed by atoms with van der Waals surface area (Å²) in [6, 6.07) is 8.19. The average molecular weight is 333 g/mol. The third-order valence-corrected chi connectivity index (χ3v) is 4.77. The van der Waals surface area contributed by atoms with E-state index in [1.165, 1.54) is 5.56 Å². The van der Waals surface area contributed by atoms with E-state index in [1.54, 1.807) is 0 Å². The number of benzene rings is 1. The van der Waals surface area contributed by atoms with Gasteiger partial charge in [-0.2, -0.15) is 0 Å². The lowest BCUT2D eigenvalue weighted by Gasteiger charge is -2.40. The van der Waals surface area contributed by atoms with Crippen LogP contribution >= 0.6 is 0 Å². The lowest BCUT2D eigenvalue weighted by molar-refractivity contribution is 0.105. The lowest BCUT2D eigenvalue weighted by atomic mass is 9.93. The van der Waals surface area contributed by atoms with Crippen LogP contribution in [0.2, 0.25) is 0 Å². The van der Waals surface area contributed by atoms with Crippen LogP contribution in [0.3, 0.4) is 0 Å². The number of amides is 2. The average Bonchev–Trinajstić information content (AvgIpc) is 2.53. The van der Waals surface area contributed by atoms with Gasteiger partial charge < -0.3 is 19.9 Å². The molecule has 1 N–H and O–H groups in total. The maximum absolute atomic E-state index is 12.5. The SMILES string of the molecule is Cc1ccc(OC[C@H](C)NC(=O)N(C)[C@H]2CCN(C)C[C@H]2C)cc1. The predicted octanol–water partition coefficient (Wildman–Crippen LogP) is 2.74. The fourth-order valence-corrected chi connectivity index (χ4v) is 3.28. The van der Waals surface area contributed by atoms with Crippen molar-refractivity contribution in [2.24, 2.45) is 5.92 Å². The van der Waals surface area contributed by atoms with Crippen molar-refractivity contribution in [2.45, 2.75) is 39.3 Å². The Morgan fingerprint density at radius 2 is 2.08 bits per heavy atom. The molecule has 24 heavy (non-hydrogen) atoms. The highest BCUT2D eigenvalue weighted by atomic mass is 16.5. The summed E-state index contributed by atoms with van der Waals surface area (Å²) >= 11 is 0. The Morgan fingerprint density at radius 3 is 2.71 bits per heavy atom. The number of hydrogen-bond donors (Lipinski definition) is 1. The van der Waals surface area contributed by atoms with Crippen molar-refractivity contribution in [3.05, 3.63) is 29.8 Å². The van der Waals surface area contributed by atoms with Gasteiger partial charge in [0.2, 0.25) is 0 Å². The Balaban J connectivity index is 1.79. The minimum atomic E-state index is -0.0391. The van der Waals surface area contributed by atoms with Crippen LogP contribution < -0.4 is 10.1 Å². The van der Waals surface area contributed by atoms with Crippen molar-refractivity contribution in [2.75, 3.05) is 33.8 Å². The van der Waals surface area contributed by atoms with Gasteiger partial charge in [-0.25, -0.2) is 4.79 Å². The van der Waals surface area contributed by atoms with E-state index >= 15 is 0 Å². The number of carbonyl (C=O) groups is 1. The second-order valence-electron chi connectivity index (χ2n) is 7.18. The van der Waals surface area contributed by atoms with Gasteiger partial charge in [0.05, 0.1) is 6.04 Å². The molecule has 3 atom stereocenters. The van der Waals surface area contributed by atoms with Crippen LogP contribution in [0.25, 0.3) is 0 Å². The molecule has 1 heterocycles. The highest BCUT2D eigenvalue weighted by Gasteiger charge is 2.30. The Kier molecular flexibility index (Phi) is 6.49. The van der Waals surface area contributed by atoms with Crippen LogP contribution in [0.15, 0.2) is 24.3 Å². The highest BCUT2D eigenvalue weighted by Crippen LogP contribution is 2.20. The molecule has 2 rings (SSSR count). The largest absolute Gasteiger partial charge is 0.491 e. The lowest BCUT2D eigenvalue weighted by Crippen LogP contribution is -2.54. The number of aryl methyl sites for hydroxylation is 1. The van der Waals surface area contributed by atoms with Crippen LogP contribution in [0.1, 0.15) is 25.8 Å². The van der Waals surface area contributed by atoms with E-state index < -0.39 is 0 Å². The maximum atomic E-state index is 12.5. The minimum absolute atomic E-state index is 0.0172. The first-order chi connectivity index (χ1) is 11.4. The van der Waals surface area contributed by atoms with E-state index in [1.807, 2.05) is 50.1 Å². The molecule has 1 aliphatic rings. The second kappa shape index (κ2) is 8.38.